The Morgan fingerprint density at radius 2 is 2.19 bits per heavy atom. The van der Waals surface area contributed by atoms with Gasteiger partial charge in [0.15, 0.2) is 0 Å². The van der Waals surface area contributed by atoms with Crippen molar-refractivity contribution < 1.29 is 14.3 Å². The monoisotopic (exact) mass is 226 g/mol. The molecule has 0 spiro atoms. The summed E-state index contributed by atoms with van der Waals surface area (Å²) in [4.78, 5) is 25.0. The number of imide groups is 1. The molecule has 1 saturated carbocycles. The molecule has 3 amide bonds. The third-order valence-corrected chi connectivity index (χ3v) is 3.33. The summed E-state index contributed by atoms with van der Waals surface area (Å²) in [6.45, 7) is 0.628. The Bertz CT molecular complexity index is 289. The predicted molar refractivity (Wildman–Crippen MR) is 57.9 cm³/mol. The van der Waals surface area contributed by atoms with Gasteiger partial charge in [0.25, 0.3) is 5.91 Å². The van der Waals surface area contributed by atoms with Crippen molar-refractivity contribution in [1.82, 2.24) is 10.2 Å². The normalized spacial score (nSPS) is 25.8. The topological polar surface area (TPSA) is 58.6 Å². The minimum atomic E-state index is -0.330. The second kappa shape index (κ2) is 4.82. The van der Waals surface area contributed by atoms with E-state index in [1.165, 1.54) is 4.90 Å². The molecule has 90 valence electrons. The van der Waals surface area contributed by atoms with E-state index in [0.717, 1.165) is 25.7 Å². The van der Waals surface area contributed by atoms with E-state index in [0.29, 0.717) is 13.0 Å². The fourth-order valence-corrected chi connectivity index (χ4v) is 2.17. The number of carbonyl (C=O) groups is 2. The van der Waals surface area contributed by atoms with Crippen LogP contribution in [0.1, 0.15) is 32.1 Å². The first-order chi connectivity index (χ1) is 7.74. The van der Waals surface area contributed by atoms with Crippen molar-refractivity contribution in [2.75, 3.05) is 13.7 Å². The predicted octanol–water partition coefficient (Wildman–Crippen LogP) is 0.886. The van der Waals surface area contributed by atoms with Gasteiger partial charge in [0.1, 0.15) is 6.04 Å². The Morgan fingerprint density at radius 1 is 1.44 bits per heavy atom. The maximum absolute atomic E-state index is 11.9. The molecule has 1 N–H and O–H groups in total. The Morgan fingerprint density at radius 3 is 2.75 bits per heavy atom. The van der Waals surface area contributed by atoms with Crippen molar-refractivity contribution in [1.29, 1.82) is 0 Å². The van der Waals surface area contributed by atoms with E-state index in [1.54, 1.807) is 7.11 Å². The van der Waals surface area contributed by atoms with Crippen LogP contribution < -0.4 is 5.32 Å². The summed E-state index contributed by atoms with van der Waals surface area (Å²) in [5.74, 6) is -0.0502. The fourth-order valence-electron chi connectivity index (χ4n) is 2.17. The van der Waals surface area contributed by atoms with E-state index in [9.17, 15) is 9.59 Å². The summed E-state index contributed by atoms with van der Waals surface area (Å²) in [5, 5.41) is 2.74. The third kappa shape index (κ3) is 2.04. The summed E-state index contributed by atoms with van der Waals surface area (Å²) >= 11 is 0. The lowest BCUT2D eigenvalue weighted by atomic mass is 9.91. The lowest BCUT2D eigenvalue weighted by Crippen LogP contribution is -2.44. The fraction of sp³-hybridized carbons (Fsp3) is 0.818. The van der Waals surface area contributed by atoms with Gasteiger partial charge in [0, 0.05) is 19.8 Å². The van der Waals surface area contributed by atoms with E-state index in [2.05, 4.69) is 5.32 Å². The van der Waals surface area contributed by atoms with Crippen molar-refractivity contribution in [2.45, 2.75) is 44.2 Å². The van der Waals surface area contributed by atoms with Gasteiger partial charge in [-0.3, -0.25) is 9.69 Å². The number of hydrogen-bond donors (Lipinski definition) is 1. The van der Waals surface area contributed by atoms with Gasteiger partial charge in [-0.15, -0.1) is 0 Å². The Labute approximate surface area is 95.1 Å². The van der Waals surface area contributed by atoms with Gasteiger partial charge in [0.2, 0.25) is 0 Å². The minimum Gasteiger partial charge on any atom is -0.385 e. The summed E-state index contributed by atoms with van der Waals surface area (Å²) < 4.78 is 4.93. The lowest BCUT2D eigenvalue weighted by molar-refractivity contribution is -0.130. The minimum absolute atomic E-state index is 0.0502. The number of carbonyl (C=O) groups excluding carboxylic acids is 2. The first kappa shape index (κ1) is 11.4. The molecule has 5 nitrogen and oxygen atoms in total. The summed E-state index contributed by atoms with van der Waals surface area (Å²) in [6.07, 6.45) is 4.51. The van der Waals surface area contributed by atoms with Crippen LogP contribution in [0.15, 0.2) is 0 Å². The van der Waals surface area contributed by atoms with E-state index < -0.39 is 0 Å². The molecule has 1 aliphatic carbocycles. The SMILES string of the molecule is COCCCC1NC(=O)N(C2CCC2)C1=O. The average molecular weight is 226 g/mol. The van der Waals surface area contributed by atoms with Crippen LogP contribution in [0.2, 0.25) is 0 Å². The smallest absolute Gasteiger partial charge is 0.325 e. The zero-order valence-electron chi connectivity index (χ0n) is 9.57. The van der Waals surface area contributed by atoms with Crippen molar-refractivity contribution in [3.8, 4) is 0 Å². The number of methoxy groups -OCH3 is 1. The summed E-state index contributed by atoms with van der Waals surface area (Å²) in [6, 6.07) is -0.389. The highest BCUT2D eigenvalue weighted by Gasteiger charge is 2.43. The molecule has 2 rings (SSSR count). The van der Waals surface area contributed by atoms with Gasteiger partial charge in [-0.2, -0.15) is 0 Å². The van der Waals surface area contributed by atoms with Crippen molar-refractivity contribution in [2.24, 2.45) is 0 Å². The zero-order chi connectivity index (χ0) is 11.5. The van der Waals surface area contributed by atoms with Crippen LogP contribution in [0.25, 0.3) is 0 Å². The van der Waals surface area contributed by atoms with Gasteiger partial charge >= 0.3 is 6.03 Å². The maximum Gasteiger partial charge on any atom is 0.325 e. The molecule has 0 bridgehead atoms. The molecule has 1 saturated heterocycles. The van der Waals surface area contributed by atoms with E-state index in [-0.39, 0.29) is 24.0 Å². The van der Waals surface area contributed by atoms with Crippen molar-refractivity contribution in [3.63, 3.8) is 0 Å². The number of urea groups is 1. The largest absolute Gasteiger partial charge is 0.385 e. The number of hydrogen-bond acceptors (Lipinski definition) is 3. The van der Waals surface area contributed by atoms with E-state index in [4.69, 9.17) is 4.74 Å². The van der Waals surface area contributed by atoms with Crippen molar-refractivity contribution >= 4 is 11.9 Å². The highest BCUT2D eigenvalue weighted by atomic mass is 16.5. The molecule has 0 aromatic carbocycles. The van der Waals surface area contributed by atoms with Crippen LogP contribution >= 0.6 is 0 Å². The molecule has 1 heterocycles. The summed E-state index contributed by atoms with van der Waals surface area (Å²) in [7, 11) is 1.63. The van der Waals surface area contributed by atoms with Gasteiger partial charge < -0.3 is 10.1 Å². The van der Waals surface area contributed by atoms with Gasteiger partial charge in [-0.1, -0.05) is 0 Å². The molecular formula is C11H18N2O3. The second-order valence-corrected chi connectivity index (χ2v) is 4.43. The Kier molecular flexibility index (Phi) is 3.43. The molecule has 1 aliphatic heterocycles. The number of nitrogens with one attached hydrogen (secondary N) is 1. The molecule has 5 heteroatoms. The molecule has 1 unspecified atom stereocenters. The lowest BCUT2D eigenvalue weighted by Gasteiger charge is -2.32. The molecule has 2 fully saturated rings. The van der Waals surface area contributed by atoms with Gasteiger partial charge in [-0.25, -0.2) is 4.79 Å². The third-order valence-electron chi connectivity index (χ3n) is 3.33. The number of nitrogens with zero attached hydrogens (tertiary/aromatic N) is 1. The molecular weight excluding hydrogens is 208 g/mol. The Hall–Kier alpha value is -1.10. The van der Waals surface area contributed by atoms with Gasteiger partial charge in [0.05, 0.1) is 0 Å². The standard InChI is InChI=1S/C11H18N2O3/c1-16-7-3-6-9-10(14)13(11(15)12-9)8-4-2-5-8/h8-9H,2-7H2,1H3,(H,12,15). The quantitative estimate of drug-likeness (QED) is 0.559. The maximum atomic E-state index is 11.9. The molecule has 0 radical (unpaired) electrons. The highest BCUT2D eigenvalue weighted by Crippen LogP contribution is 2.28. The van der Waals surface area contributed by atoms with Crippen LogP contribution in [0, 0.1) is 0 Å². The second-order valence-electron chi connectivity index (χ2n) is 4.43. The number of amides is 3. The zero-order valence-corrected chi connectivity index (χ0v) is 9.57. The first-order valence-electron chi connectivity index (χ1n) is 5.86. The van der Waals surface area contributed by atoms with Crippen LogP contribution in [0.3, 0.4) is 0 Å². The summed E-state index contributed by atoms with van der Waals surface area (Å²) in [5.41, 5.74) is 0. The van der Waals surface area contributed by atoms with Crippen LogP contribution in [0.5, 0.6) is 0 Å². The molecule has 16 heavy (non-hydrogen) atoms. The van der Waals surface area contributed by atoms with E-state index >= 15 is 0 Å². The number of ether oxygens (including phenoxy) is 1. The van der Waals surface area contributed by atoms with Crippen LogP contribution in [-0.2, 0) is 9.53 Å². The Balaban J connectivity index is 1.88. The molecule has 1 atom stereocenters. The van der Waals surface area contributed by atoms with E-state index in [1.807, 2.05) is 0 Å². The van der Waals surface area contributed by atoms with Crippen molar-refractivity contribution in [3.05, 3.63) is 0 Å². The molecule has 2 aliphatic rings. The first-order valence-corrected chi connectivity index (χ1v) is 5.86. The molecule has 0 aromatic heterocycles. The average Bonchev–Trinajstić information content (AvgIpc) is 2.44. The van der Waals surface area contributed by atoms with Gasteiger partial charge in [-0.05, 0) is 32.1 Å². The highest BCUT2D eigenvalue weighted by molar-refractivity contribution is 6.04. The number of rotatable bonds is 5. The van der Waals surface area contributed by atoms with Crippen LogP contribution in [0.4, 0.5) is 4.79 Å². The molecule has 0 aromatic rings. The van der Waals surface area contributed by atoms with Crippen LogP contribution in [-0.4, -0.2) is 42.6 Å².